The van der Waals surface area contributed by atoms with Gasteiger partial charge in [0.05, 0.1) is 0 Å². The number of aryl methyl sites for hydroxylation is 1. The molecule has 0 amide bonds. The second-order valence-electron chi connectivity index (χ2n) is 8.08. The molecule has 0 bridgehead atoms. The van der Waals surface area contributed by atoms with Gasteiger partial charge in [-0.2, -0.15) is 0 Å². The summed E-state index contributed by atoms with van der Waals surface area (Å²) in [6.07, 6.45) is 3.26. The Labute approximate surface area is 180 Å². The number of para-hydroxylation sites is 1. The molecule has 0 aliphatic rings. The Morgan fingerprint density at radius 3 is 2.23 bits per heavy atom. The van der Waals surface area contributed by atoms with Gasteiger partial charge in [0.25, 0.3) is 0 Å². The topological polar surface area (TPSA) is 27.7 Å². The van der Waals surface area contributed by atoms with Crippen LogP contribution in [0.4, 0.5) is 0 Å². The molecule has 3 rings (SSSR count). The highest BCUT2D eigenvalue weighted by atomic mass is 16.7. The first-order chi connectivity index (χ1) is 14.6. The summed E-state index contributed by atoms with van der Waals surface area (Å²) in [5.74, 6) is 2.60. The zero-order valence-electron chi connectivity index (χ0n) is 18.3. The van der Waals surface area contributed by atoms with Crippen LogP contribution in [0.2, 0.25) is 0 Å². The molecule has 0 fully saturated rings. The van der Waals surface area contributed by atoms with E-state index in [2.05, 4.69) is 44.2 Å². The number of ether oxygens (including phenoxy) is 3. The van der Waals surface area contributed by atoms with Crippen LogP contribution in [0.3, 0.4) is 0 Å². The van der Waals surface area contributed by atoms with Crippen molar-refractivity contribution in [3.63, 3.8) is 0 Å². The normalized spacial score (nSPS) is 11.3. The number of benzene rings is 3. The summed E-state index contributed by atoms with van der Waals surface area (Å²) in [7, 11) is 0. The van der Waals surface area contributed by atoms with Gasteiger partial charge in [0, 0.05) is 6.61 Å². The van der Waals surface area contributed by atoms with E-state index in [0.717, 1.165) is 36.5 Å². The lowest BCUT2D eigenvalue weighted by Gasteiger charge is -2.25. The van der Waals surface area contributed by atoms with Gasteiger partial charge in [0.2, 0.25) is 0 Å². The second-order valence-corrected chi connectivity index (χ2v) is 8.08. The lowest BCUT2D eigenvalue weighted by atomic mass is 9.80. The van der Waals surface area contributed by atoms with Crippen LogP contribution in [0.1, 0.15) is 44.7 Å². The largest absolute Gasteiger partial charge is 0.468 e. The molecule has 0 atom stereocenters. The molecule has 0 saturated heterocycles. The fourth-order valence-electron chi connectivity index (χ4n) is 3.46. The molecule has 0 unspecified atom stereocenters. The predicted molar refractivity (Wildman–Crippen MR) is 122 cm³/mol. The average molecular weight is 405 g/mol. The molecule has 0 saturated carbocycles. The van der Waals surface area contributed by atoms with Gasteiger partial charge in [0.1, 0.15) is 17.2 Å². The first-order valence-electron chi connectivity index (χ1n) is 10.7. The van der Waals surface area contributed by atoms with Gasteiger partial charge in [-0.05, 0) is 79.1 Å². The molecular weight excluding hydrogens is 372 g/mol. The van der Waals surface area contributed by atoms with E-state index in [1.807, 2.05) is 55.5 Å². The van der Waals surface area contributed by atoms with Crippen molar-refractivity contribution < 1.29 is 14.2 Å². The summed E-state index contributed by atoms with van der Waals surface area (Å²) in [4.78, 5) is 0. The third kappa shape index (κ3) is 6.64. The molecule has 3 aromatic carbocycles. The summed E-state index contributed by atoms with van der Waals surface area (Å²) in [5, 5.41) is 0. The molecule has 0 aromatic heterocycles. The fraction of sp³-hybridized carbons (Fsp3) is 0.333. The van der Waals surface area contributed by atoms with Crippen molar-refractivity contribution in [3.05, 3.63) is 90.0 Å². The Morgan fingerprint density at radius 2 is 1.50 bits per heavy atom. The molecule has 0 aliphatic carbocycles. The lowest BCUT2D eigenvalue weighted by molar-refractivity contribution is 0.0224. The second kappa shape index (κ2) is 10.8. The van der Waals surface area contributed by atoms with Crippen molar-refractivity contribution in [3.8, 4) is 17.2 Å². The highest BCUT2D eigenvalue weighted by Gasteiger charge is 2.20. The maximum Gasteiger partial charge on any atom is 0.189 e. The molecule has 158 valence electrons. The maximum absolute atomic E-state index is 5.96. The zero-order valence-corrected chi connectivity index (χ0v) is 18.3. The minimum Gasteiger partial charge on any atom is -0.468 e. The van der Waals surface area contributed by atoms with Crippen molar-refractivity contribution in [1.29, 1.82) is 0 Å². The molecule has 0 heterocycles. The van der Waals surface area contributed by atoms with E-state index >= 15 is 0 Å². The van der Waals surface area contributed by atoms with E-state index in [4.69, 9.17) is 14.2 Å². The van der Waals surface area contributed by atoms with Crippen molar-refractivity contribution in [2.45, 2.75) is 45.4 Å². The van der Waals surface area contributed by atoms with Gasteiger partial charge in [-0.1, -0.05) is 56.3 Å². The minimum atomic E-state index is 0.108. The maximum atomic E-state index is 5.96. The third-order valence-corrected chi connectivity index (χ3v) is 5.29. The highest BCUT2D eigenvalue weighted by Crippen LogP contribution is 2.31. The van der Waals surface area contributed by atoms with Gasteiger partial charge >= 0.3 is 0 Å². The molecule has 3 heteroatoms. The monoisotopic (exact) mass is 404 g/mol. The van der Waals surface area contributed by atoms with Gasteiger partial charge in [0.15, 0.2) is 6.79 Å². The Bertz CT molecular complexity index is 885. The van der Waals surface area contributed by atoms with Gasteiger partial charge in [-0.15, -0.1) is 0 Å². The molecule has 30 heavy (non-hydrogen) atoms. The van der Waals surface area contributed by atoms with E-state index in [9.17, 15) is 0 Å². The van der Waals surface area contributed by atoms with Crippen molar-refractivity contribution >= 4 is 0 Å². The lowest BCUT2D eigenvalue weighted by Crippen LogP contribution is -2.17. The van der Waals surface area contributed by atoms with E-state index in [1.165, 1.54) is 11.1 Å². The molecule has 0 aliphatic heterocycles. The predicted octanol–water partition coefficient (Wildman–Crippen LogP) is 7.15. The van der Waals surface area contributed by atoms with Gasteiger partial charge in [-0.3, -0.25) is 0 Å². The average Bonchev–Trinajstić information content (AvgIpc) is 2.75. The minimum absolute atomic E-state index is 0.108. The summed E-state index contributed by atoms with van der Waals surface area (Å²) >= 11 is 0. The van der Waals surface area contributed by atoms with Crippen LogP contribution in [0.15, 0.2) is 78.9 Å². The molecule has 0 spiro atoms. The zero-order chi connectivity index (χ0) is 21.2. The van der Waals surface area contributed by atoms with Crippen molar-refractivity contribution in [1.82, 2.24) is 0 Å². The van der Waals surface area contributed by atoms with Crippen molar-refractivity contribution in [2.75, 3.05) is 13.4 Å². The van der Waals surface area contributed by atoms with Crippen molar-refractivity contribution in [2.24, 2.45) is 0 Å². The van der Waals surface area contributed by atoms with E-state index in [0.29, 0.717) is 13.4 Å². The van der Waals surface area contributed by atoms with E-state index in [-0.39, 0.29) is 5.41 Å². The van der Waals surface area contributed by atoms with E-state index < -0.39 is 0 Å². The molecule has 0 radical (unpaired) electrons. The van der Waals surface area contributed by atoms with Crippen LogP contribution in [-0.2, 0) is 16.6 Å². The third-order valence-electron chi connectivity index (χ3n) is 5.29. The Morgan fingerprint density at radius 1 is 0.767 bits per heavy atom. The summed E-state index contributed by atoms with van der Waals surface area (Å²) in [6.45, 7) is 7.52. The fourth-order valence-corrected chi connectivity index (χ4v) is 3.46. The molecule has 3 nitrogen and oxygen atoms in total. The molecule has 3 aromatic rings. The smallest absolute Gasteiger partial charge is 0.189 e. The molecule has 0 N–H and O–H groups in total. The first kappa shape index (κ1) is 21.9. The van der Waals surface area contributed by atoms with Crippen LogP contribution in [0.25, 0.3) is 0 Å². The van der Waals surface area contributed by atoms with E-state index in [1.54, 1.807) is 0 Å². The van der Waals surface area contributed by atoms with Gasteiger partial charge < -0.3 is 14.2 Å². The number of rotatable bonds is 11. The standard InChI is InChI=1S/C27H32O3/c1-4-28-21-29-24-17-15-23(16-18-24)27(2,3)19-9-11-22-10-8-14-26(20-22)30-25-12-6-5-7-13-25/h5-8,10,12-18,20H,4,9,11,19,21H2,1-3H3. The van der Waals surface area contributed by atoms with Gasteiger partial charge in [-0.25, -0.2) is 0 Å². The number of hydrogen-bond donors (Lipinski definition) is 0. The SMILES string of the molecule is CCOCOc1ccc(C(C)(C)CCCc2cccc(Oc3ccccc3)c2)cc1. The Kier molecular flexibility index (Phi) is 7.92. The summed E-state index contributed by atoms with van der Waals surface area (Å²) in [5.41, 5.74) is 2.74. The van der Waals surface area contributed by atoms with Crippen LogP contribution in [-0.4, -0.2) is 13.4 Å². The Balaban J connectivity index is 1.52. The van der Waals surface area contributed by atoms with Crippen LogP contribution in [0.5, 0.6) is 17.2 Å². The summed E-state index contributed by atoms with van der Waals surface area (Å²) < 4.78 is 16.8. The van der Waals surface area contributed by atoms with Crippen LogP contribution >= 0.6 is 0 Å². The Hall–Kier alpha value is -2.78. The highest BCUT2D eigenvalue weighted by molar-refractivity contribution is 5.34. The quantitative estimate of drug-likeness (QED) is 0.251. The van der Waals surface area contributed by atoms with Crippen LogP contribution < -0.4 is 9.47 Å². The summed E-state index contributed by atoms with van der Waals surface area (Å²) in [6, 6.07) is 26.7. The number of hydrogen-bond acceptors (Lipinski definition) is 3. The van der Waals surface area contributed by atoms with Crippen LogP contribution in [0, 0.1) is 0 Å². The molecular formula is C27H32O3. The first-order valence-corrected chi connectivity index (χ1v) is 10.7.